The molecule has 0 atom stereocenters. The molecule has 0 aliphatic rings. The fourth-order valence-electron chi connectivity index (χ4n) is 3.04. The number of nitrogens with zero attached hydrogens (tertiary/aromatic N) is 2. The van der Waals surface area contributed by atoms with E-state index in [0.29, 0.717) is 5.56 Å². The van der Waals surface area contributed by atoms with Gasteiger partial charge in [-0.25, -0.2) is 4.98 Å². The van der Waals surface area contributed by atoms with Gasteiger partial charge in [0.2, 0.25) is 5.78 Å². The summed E-state index contributed by atoms with van der Waals surface area (Å²) in [7, 11) is 0. The van der Waals surface area contributed by atoms with Gasteiger partial charge in [0.25, 0.3) is 0 Å². The summed E-state index contributed by atoms with van der Waals surface area (Å²) >= 11 is 3.21. The standard InChI is InChI=1S/C19H16N2OS2/c1-11-9-12(2)18-20-14-15(21(18)10-11)19(23-3)24-17(14)16(22)13-7-5-4-6-8-13/h4-10H,1-3H3. The number of fused-ring (bicyclic) bond motifs is 3. The number of hydrogen-bond acceptors (Lipinski definition) is 4. The highest BCUT2D eigenvalue weighted by Crippen LogP contribution is 2.39. The summed E-state index contributed by atoms with van der Waals surface area (Å²) < 4.78 is 3.26. The Morgan fingerprint density at radius 1 is 1.21 bits per heavy atom. The van der Waals surface area contributed by atoms with Gasteiger partial charge in [-0.3, -0.25) is 9.20 Å². The highest BCUT2D eigenvalue weighted by molar-refractivity contribution is 8.00. The largest absolute Gasteiger partial charge is 0.297 e. The number of benzene rings is 1. The topological polar surface area (TPSA) is 34.4 Å². The minimum Gasteiger partial charge on any atom is -0.297 e. The molecule has 0 fully saturated rings. The van der Waals surface area contributed by atoms with E-state index in [9.17, 15) is 4.79 Å². The summed E-state index contributed by atoms with van der Waals surface area (Å²) in [5, 5.41) is 0. The van der Waals surface area contributed by atoms with E-state index in [1.807, 2.05) is 36.6 Å². The highest BCUT2D eigenvalue weighted by atomic mass is 32.2. The molecule has 0 saturated carbocycles. The number of carbonyl (C=O) groups is 1. The van der Waals surface area contributed by atoms with E-state index < -0.39 is 0 Å². The number of aryl methyl sites for hydroxylation is 2. The van der Waals surface area contributed by atoms with Crippen molar-refractivity contribution in [2.45, 2.75) is 18.1 Å². The Labute approximate surface area is 148 Å². The van der Waals surface area contributed by atoms with Gasteiger partial charge in [-0.1, -0.05) is 36.4 Å². The molecule has 4 rings (SSSR count). The normalized spacial score (nSPS) is 11.5. The van der Waals surface area contributed by atoms with E-state index in [-0.39, 0.29) is 5.78 Å². The molecule has 0 N–H and O–H groups in total. The molecule has 0 amide bonds. The molecule has 0 spiro atoms. The van der Waals surface area contributed by atoms with E-state index in [0.717, 1.165) is 31.3 Å². The first kappa shape index (κ1) is 15.4. The third-order valence-electron chi connectivity index (χ3n) is 4.07. The zero-order chi connectivity index (χ0) is 16.8. The summed E-state index contributed by atoms with van der Waals surface area (Å²) in [6.45, 7) is 4.15. The second-order valence-corrected chi connectivity index (χ2v) is 7.92. The molecule has 1 aromatic carbocycles. The molecule has 3 nitrogen and oxygen atoms in total. The molecule has 0 aliphatic carbocycles. The maximum atomic E-state index is 13.0. The van der Waals surface area contributed by atoms with Crippen LogP contribution in [-0.2, 0) is 0 Å². The van der Waals surface area contributed by atoms with Gasteiger partial charge >= 0.3 is 0 Å². The zero-order valence-corrected chi connectivity index (χ0v) is 15.3. The molecule has 4 aromatic rings. The third-order valence-corrected chi connectivity index (χ3v) is 6.35. The van der Waals surface area contributed by atoms with E-state index >= 15 is 0 Å². The van der Waals surface area contributed by atoms with Gasteiger partial charge in [-0.15, -0.1) is 23.1 Å². The van der Waals surface area contributed by atoms with Crippen LogP contribution in [0, 0.1) is 13.8 Å². The summed E-state index contributed by atoms with van der Waals surface area (Å²) in [5.41, 5.74) is 5.81. The van der Waals surface area contributed by atoms with Crippen molar-refractivity contribution >= 4 is 45.6 Å². The lowest BCUT2D eigenvalue weighted by Crippen LogP contribution is -1.98. The summed E-state index contributed by atoms with van der Waals surface area (Å²) in [5.74, 6) is 0.0451. The van der Waals surface area contributed by atoms with Gasteiger partial charge in [0.15, 0.2) is 0 Å². The lowest BCUT2D eigenvalue weighted by molar-refractivity contribution is 0.104. The summed E-state index contributed by atoms with van der Waals surface area (Å²) in [4.78, 5) is 18.5. The van der Waals surface area contributed by atoms with Gasteiger partial charge in [-0.2, -0.15) is 0 Å². The van der Waals surface area contributed by atoms with Gasteiger partial charge in [0.05, 0.1) is 9.73 Å². The predicted molar refractivity (Wildman–Crippen MR) is 102 cm³/mol. The molecule has 0 radical (unpaired) electrons. The van der Waals surface area contributed by atoms with Crippen molar-refractivity contribution in [1.82, 2.24) is 9.38 Å². The van der Waals surface area contributed by atoms with E-state index in [1.54, 1.807) is 11.8 Å². The van der Waals surface area contributed by atoms with E-state index in [4.69, 9.17) is 4.98 Å². The summed E-state index contributed by atoms with van der Waals surface area (Å²) in [6.07, 6.45) is 4.14. The highest BCUT2D eigenvalue weighted by Gasteiger charge is 2.23. The van der Waals surface area contributed by atoms with Crippen molar-refractivity contribution in [3.63, 3.8) is 0 Å². The molecule has 0 unspecified atom stereocenters. The quantitative estimate of drug-likeness (QED) is 0.379. The van der Waals surface area contributed by atoms with Crippen LogP contribution in [0.5, 0.6) is 0 Å². The Balaban J connectivity index is 2.04. The number of rotatable bonds is 3. The maximum absolute atomic E-state index is 13.0. The molecule has 0 aliphatic heterocycles. The van der Waals surface area contributed by atoms with Crippen molar-refractivity contribution in [3.8, 4) is 0 Å². The molecule has 24 heavy (non-hydrogen) atoms. The third kappa shape index (κ3) is 2.27. The smallest absolute Gasteiger partial charge is 0.205 e. The van der Waals surface area contributed by atoms with E-state index in [1.165, 1.54) is 16.9 Å². The lowest BCUT2D eigenvalue weighted by atomic mass is 10.1. The Hall–Kier alpha value is -2.11. The molecular formula is C19H16N2OS2. The van der Waals surface area contributed by atoms with Crippen LogP contribution in [0.3, 0.4) is 0 Å². The van der Waals surface area contributed by atoms with Crippen molar-refractivity contribution in [2.75, 3.05) is 6.26 Å². The summed E-state index contributed by atoms with van der Waals surface area (Å²) in [6, 6.07) is 11.6. The van der Waals surface area contributed by atoms with Crippen LogP contribution in [-0.4, -0.2) is 21.4 Å². The van der Waals surface area contributed by atoms with Crippen LogP contribution >= 0.6 is 23.1 Å². The minimum absolute atomic E-state index is 0.0451. The molecule has 3 heterocycles. The van der Waals surface area contributed by atoms with Crippen molar-refractivity contribution in [2.24, 2.45) is 0 Å². The number of carbonyl (C=O) groups excluding carboxylic acids is 1. The van der Waals surface area contributed by atoms with Crippen molar-refractivity contribution in [1.29, 1.82) is 0 Å². The Morgan fingerprint density at radius 3 is 2.67 bits per heavy atom. The zero-order valence-electron chi connectivity index (χ0n) is 13.7. The van der Waals surface area contributed by atoms with Crippen LogP contribution in [0.2, 0.25) is 0 Å². The molecule has 3 aromatic heterocycles. The van der Waals surface area contributed by atoms with Crippen molar-refractivity contribution < 1.29 is 4.79 Å². The number of thioether (sulfide) groups is 1. The van der Waals surface area contributed by atoms with Crippen LogP contribution in [0.1, 0.15) is 26.4 Å². The Morgan fingerprint density at radius 2 is 1.96 bits per heavy atom. The monoisotopic (exact) mass is 352 g/mol. The molecule has 0 saturated heterocycles. The molecular weight excluding hydrogens is 336 g/mol. The first-order valence-corrected chi connectivity index (χ1v) is 9.70. The first-order chi connectivity index (χ1) is 11.6. The lowest BCUT2D eigenvalue weighted by Gasteiger charge is -2.02. The van der Waals surface area contributed by atoms with Gasteiger partial charge in [0.1, 0.15) is 16.0 Å². The average Bonchev–Trinajstić information content (AvgIpc) is 3.13. The number of ketones is 1. The number of pyridine rings is 1. The Bertz CT molecular complexity index is 1080. The van der Waals surface area contributed by atoms with Gasteiger partial charge in [0, 0.05) is 11.8 Å². The van der Waals surface area contributed by atoms with Crippen LogP contribution < -0.4 is 0 Å². The molecule has 0 bridgehead atoms. The second-order valence-electron chi connectivity index (χ2n) is 5.82. The number of aromatic nitrogens is 2. The number of hydrogen-bond donors (Lipinski definition) is 0. The number of thiophene rings is 1. The SMILES string of the molecule is CSc1sc(C(=O)c2ccccc2)c2nc3c(C)cc(C)cn3c12. The van der Waals surface area contributed by atoms with Crippen LogP contribution in [0.4, 0.5) is 0 Å². The van der Waals surface area contributed by atoms with E-state index in [2.05, 4.69) is 30.5 Å². The van der Waals surface area contributed by atoms with Crippen molar-refractivity contribution in [3.05, 3.63) is 64.2 Å². The first-order valence-electron chi connectivity index (χ1n) is 7.65. The fourth-order valence-corrected chi connectivity index (χ4v) is 4.94. The number of imidazole rings is 1. The van der Waals surface area contributed by atoms with Crippen LogP contribution in [0.25, 0.3) is 16.7 Å². The minimum atomic E-state index is 0.0451. The van der Waals surface area contributed by atoms with Crippen LogP contribution in [0.15, 0.2) is 46.8 Å². The maximum Gasteiger partial charge on any atom is 0.205 e. The van der Waals surface area contributed by atoms with Gasteiger partial charge < -0.3 is 0 Å². The van der Waals surface area contributed by atoms with Gasteiger partial charge in [-0.05, 0) is 31.2 Å². The predicted octanol–water partition coefficient (Wildman–Crippen LogP) is 5.12. The Kier molecular flexibility index (Phi) is 3.70. The second kappa shape index (κ2) is 5.76. The fraction of sp³-hybridized carbons (Fsp3) is 0.158. The average molecular weight is 352 g/mol. The molecule has 120 valence electrons. The molecule has 5 heteroatoms.